The first-order chi connectivity index (χ1) is 25.2. The topological polar surface area (TPSA) is 142 Å². The number of carboxylic acid groups (broad SMARTS) is 1. The molecule has 2 aromatic heterocycles. The molecule has 52 heavy (non-hydrogen) atoms. The summed E-state index contributed by atoms with van der Waals surface area (Å²) in [5.74, 6) is 1.39. The van der Waals surface area contributed by atoms with E-state index < -0.39 is 12.1 Å². The van der Waals surface area contributed by atoms with Gasteiger partial charge in [-0.1, -0.05) is 78.9 Å². The first-order valence-electron chi connectivity index (χ1n) is 17.7. The highest BCUT2D eigenvalue weighted by atomic mass is 16.4. The highest BCUT2D eigenvalue weighted by Gasteiger charge is 2.39. The Balaban J connectivity index is 1.02. The van der Waals surface area contributed by atoms with Crippen LogP contribution in [0.1, 0.15) is 61.0 Å². The summed E-state index contributed by atoms with van der Waals surface area (Å²) < 4.78 is 0. The van der Waals surface area contributed by atoms with Crippen LogP contribution in [0.25, 0.3) is 33.6 Å². The van der Waals surface area contributed by atoms with Crippen LogP contribution < -0.4 is 0 Å². The number of carbonyl (C=O) groups is 3. The second kappa shape index (κ2) is 14.8. The van der Waals surface area contributed by atoms with Gasteiger partial charge in [-0.3, -0.25) is 14.5 Å². The Bertz CT molecular complexity index is 2020. The molecule has 3 N–H and O–H groups in total. The number of hydrogen-bond donors (Lipinski definition) is 3. The number of likely N-dealkylation sites (N-methyl/N-ethyl adjacent to an activating group) is 2. The van der Waals surface area contributed by atoms with E-state index in [0.29, 0.717) is 24.5 Å². The second-order valence-electron chi connectivity index (χ2n) is 13.9. The number of carbonyl (C=O) groups excluding carboxylic acids is 2. The van der Waals surface area contributed by atoms with E-state index in [1.165, 1.54) is 7.05 Å². The van der Waals surface area contributed by atoms with Crippen molar-refractivity contribution in [3.63, 3.8) is 0 Å². The maximum atomic E-state index is 13.9. The minimum atomic E-state index is -1.16. The number of rotatable bonds is 10. The van der Waals surface area contributed by atoms with E-state index in [1.807, 2.05) is 48.3 Å². The van der Waals surface area contributed by atoms with Gasteiger partial charge in [-0.15, -0.1) is 0 Å². The molecular formula is C40H44N8O4. The average Bonchev–Trinajstić information content (AvgIpc) is 3.98. The zero-order valence-corrected chi connectivity index (χ0v) is 29.7. The number of nitrogens with one attached hydrogen (secondary N) is 2. The molecule has 12 nitrogen and oxygen atoms in total. The van der Waals surface area contributed by atoms with Crippen LogP contribution in [0.5, 0.6) is 0 Å². The van der Waals surface area contributed by atoms with E-state index in [0.717, 1.165) is 76.6 Å². The molecule has 2 fully saturated rings. The highest BCUT2D eigenvalue weighted by molar-refractivity contribution is 5.87. The lowest BCUT2D eigenvalue weighted by molar-refractivity contribution is -0.137. The lowest BCUT2D eigenvalue weighted by Gasteiger charge is -2.32. The van der Waals surface area contributed by atoms with E-state index in [-0.39, 0.29) is 23.9 Å². The molecule has 2 aliphatic rings. The van der Waals surface area contributed by atoms with Gasteiger partial charge in [-0.25, -0.2) is 14.8 Å². The lowest BCUT2D eigenvalue weighted by atomic mass is 10.0. The van der Waals surface area contributed by atoms with Crippen LogP contribution >= 0.6 is 0 Å². The first kappa shape index (κ1) is 34.7. The van der Waals surface area contributed by atoms with Crippen molar-refractivity contribution in [3.05, 3.63) is 108 Å². The van der Waals surface area contributed by atoms with Crippen LogP contribution in [0, 0.1) is 0 Å². The standard InChI is InChI=1S/C40H44N8O4/c1-45(2)25-35(49)47-21-7-11-33(47)37-41-23-31(43-37)28-17-13-26(14-18-28)27-15-19-29(20-16-27)32-24-42-38(44-32)34-12-8-22-48(34)39(50)36(46(3)40(51)52)30-9-5-4-6-10-30/h4-6,9-10,13-20,23-24,33-34,36H,7-8,11-12,21-22,25H2,1-3H3,(H,41,43)(H,42,44)(H,51,52)/t33-,34-,36+/m0/s1. The minimum Gasteiger partial charge on any atom is -0.465 e. The molecule has 12 heteroatoms. The van der Waals surface area contributed by atoms with Crippen molar-refractivity contribution in [2.45, 2.75) is 43.8 Å². The Morgan fingerprint density at radius 3 is 1.71 bits per heavy atom. The number of aromatic nitrogens is 4. The van der Waals surface area contributed by atoms with Gasteiger partial charge < -0.3 is 29.8 Å². The van der Waals surface area contributed by atoms with E-state index in [1.54, 1.807) is 23.2 Å². The van der Waals surface area contributed by atoms with Crippen LogP contribution in [0.3, 0.4) is 0 Å². The average molecular weight is 701 g/mol. The second-order valence-corrected chi connectivity index (χ2v) is 13.9. The number of nitrogens with zero attached hydrogens (tertiary/aromatic N) is 6. The molecule has 7 rings (SSSR count). The molecule has 0 spiro atoms. The van der Waals surface area contributed by atoms with Crippen molar-refractivity contribution >= 4 is 17.9 Å². The third kappa shape index (κ3) is 7.06. The number of amides is 3. The molecule has 0 bridgehead atoms. The Hall–Kier alpha value is -5.75. The zero-order chi connectivity index (χ0) is 36.4. The zero-order valence-electron chi connectivity index (χ0n) is 29.7. The number of aromatic amines is 2. The van der Waals surface area contributed by atoms with Crippen molar-refractivity contribution < 1.29 is 19.5 Å². The van der Waals surface area contributed by atoms with Gasteiger partial charge >= 0.3 is 6.09 Å². The van der Waals surface area contributed by atoms with Crippen molar-refractivity contribution in [2.75, 3.05) is 40.8 Å². The van der Waals surface area contributed by atoms with Crippen LogP contribution in [-0.4, -0.2) is 103 Å². The largest absolute Gasteiger partial charge is 0.465 e. The van der Waals surface area contributed by atoms with Crippen LogP contribution in [0.15, 0.2) is 91.3 Å². The van der Waals surface area contributed by atoms with Crippen LogP contribution in [0.4, 0.5) is 4.79 Å². The number of likely N-dealkylation sites (tertiary alicyclic amines) is 2. The number of H-pyrrole nitrogens is 2. The van der Waals surface area contributed by atoms with Gasteiger partial charge in [0.05, 0.1) is 42.4 Å². The fourth-order valence-corrected chi connectivity index (χ4v) is 7.45. The monoisotopic (exact) mass is 700 g/mol. The van der Waals surface area contributed by atoms with E-state index in [2.05, 4.69) is 68.5 Å². The van der Waals surface area contributed by atoms with Gasteiger partial charge in [-0.2, -0.15) is 0 Å². The third-order valence-corrected chi connectivity index (χ3v) is 10.1. The molecule has 0 radical (unpaired) electrons. The summed E-state index contributed by atoms with van der Waals surface area (Å²) in [6.07, 6.45) is 5.89. The smallest absolute Gasteiger partial charge is 0.407 e. The maximum Gasteiger partial charge on any atom is 0.407 e. The van der Waals surface area contributed by atoms with Crippen molar-refractivity contribution in [1.29, 1.82) is 0 Å². The fourth-order valence-electron chi connectivity index (χ4n) is 7.45. The summed E-state index contributed by atoms with van der Waals surface area (Å²) >= 11 is 0. The van der Waals surface area contributed by atoms with Gasteiger partial charge in [-0.05, 0) is 67.6 Å². The normalized spacial score (nSPS) is 17.8. The third-order valence-electron chi connectivity index (χ3n) is 10.1. The predicted octanol–water partition coefficient (Wildman–Crippen LogP) is 6.37. The van der Waals surface area contributed by atoms with E-state index in [4.69, 9.17) is 0 Å². The molecule has 4 heterocycles. The molecule has 0 unspecified atom stereocenters. The van der Waals surface area contributed by atoms with Gasteiger partial charge in [0.15, 0.2) is 0 Å². The molecule has 0 aliphatic carbocycles. The summed E-state index contributed by atoms with van der Waals surface area (Å²) in [6.45, 7) is 1.68. The van der Waals surface area contributed by atoms with Crippen LogP contribution in [-0.2, 0) is 9.59 Å². The highest BCUT2D eigenvalue weighted by Crippen LogP contribution is 2.36. The molecule has 3 aromatic carbocycles. The number of imidazole rings is 2. The Labute approximate surface area is 303 Å². The van der Waals surface area contributed by atoms with Gasteiger partial charge in [0, 0.05) is 20.1 Å². The van der Waals surface area contributed by atoms with Gasteiger partial charge in [0.2, 0.25) is 5.91 Å². The fraction of sp³-hybridized carbons (Fsp3) is 0.325. The van der Waals surface area contributed by atoms with Crippen LogP contribution in [0.2, 0.25) is 0 Å². The minimum absolute atomic E-state index is 0.0256. The molecule has 2 saturated heterocycles. The summed E-state index contributed by atoms with van der Waals surface area (Å²) in [4.78, 5) is 61.6. The summed E-state index contributed by atoms with van der Waals surface area (Å²) in [7, 11) is 5.25. The Kier molecular flexibility index (Phi) is 9.90. The summed E-state index contributed by atoms with van der Waals surface area (Å²) in [5, 5.41) is 9.77. The van der Waals surface area contributed by atoms with Gasteiger partial charge in [0.25, 0.3) is 5.91 Å². The molecule has 3 atom stereocenters. The molecular weight excluding hydrogens is 656 g/mol. The molecule has 2 aliphatic heterocycles. The predicted molar refractivity (Wildman–Crippen MR) is 198 cm³/mol. The molecule has 5 aromatic rings. The van der Waals surface area contributed by atoms with E-state index >= 15 is 0 Å². The van der Waals surface area contributed by atoms with Crippen molar-refractivity contribution in [3.8, 4) is 33.6 Å². The first-order valence-corrected chi connectivity index (χ1v) is 17.7. The Morgan fingerprint density at radius 2 is 1.21 bits per heavy atom. The summed E-state index contributed by atoms with van der Waals surface area (Å²) in [6, 6.07) is 24.4. The van der Waals surface area contributed by atoms with Crippen molar-refractivity contribution in [2.24, 2.45) is 0 Å². The maximum absolute atomic E-state index is 13.9. The molecule has 3 amide bonds. The van der Waals surface area contributed by atoms with Gasteiger partial charge in [0.1, 0.15) is 17.7 Å². The molecule has 0 saturated carbocycles. The number of benzene rings is 3. The number of hydrogen-bond acceptors (Lipinski definition) is 6. The lowest BCUT2D eigenvalue weighted by Crippen LogP contribution is -2.43. The van der Waals surface area contributed by atoms with Crippen molar-refractivity contribution in [1.82, 2.24) is 39.5 Å². The Morgan fingerprint density at radius 1 is 0.731 bits per heavy atom. The quantitative estimate of drug-likeness (QED) is 0.154. The van der Waals surface area contributed by atoms with E-state index in [9.17, 15) is 19.5 Å². The SMILES string of the molecule is CN(C)CC(=O)N1CCC[C@H]1c1ncc(-c2ccc(-c3ccc(-c4cnc([C@@H]5CCCN5C(=O)[C@@H](c5ccccc5)N(C)C(=O)O)[nH]4)cc3)cc2)[nH]1. The summed E-state index contributed by atoms with van der Waals surface area (Å²) in [5.41, 5.74) is 6.55. The molecule has 268 valence electrons.